The molecule has 0 bridgehead atoms. The summed E-state index contributed by atoms with van der Waals surface area (Å²) in [5.41, 5.74) is 0. The molecule has 146 valence electrons. The number of hydrogen-bond donors (Lipinski definition) is 1. The van der Waals surface area contributed by atoms with Crippen molar-refractivity contribution in [1.29, 1.82) is 0 Å². The van der Waals surface area contributed by atoms with Crippen LogP contribution in [0.3, 0.4) is 0 Å². The van der Waals surface area contributed by atoms with Crippen LogP contribution in [0.2, 0.25) is 0 Å². The van der Waals surface area contributed by atoms with Crippen LogP contribution in [0, 0.1) is 0 Å². The fourth-order valence-electron chi connectivity index (χ4n) is 3.63. The molecule has 5 nitrogen and oxygen atoms in total. The minimum Gasteiger partial charge on any atom is -0.381 e. The minimum absolute atomic E-state index is 0.256. The van der Waals surface area contributed by atoms with Gasteiger partial charge in [0, 0.05) is 50.7 Å². The van der Waals surface area contributed by atoms with E-state index >= 15 is 0 Å². The van der Waals surface area contributed by atoms with Gasteiger partial charge in [-0.3, -0.25) is 4.99 Å². The summed E-state index contributed by atoms with van der Waals surface area (Å²) in [4.78, 5) is 9.99. The second kappa shape index (κ2) is 9.85. The molecule has 2 aliphatic heterocycles. The second-order valence-corrected chi connectivity index (χ2v) is 9.48. The maximum atomic E-state index is 5.60. The van der Waals surface area contributed by atoms with Crippen molar-refractivity contribution in [3.05, 3.63) is 17.5 Å². The van der Waals surface area contributed by atoms with Crippen LogP contribution < -0.4 is 10.2 Å². The van der Waals surface area contributed by atoms with Crippen LogP contribution in [0.15, 0.2) is 22.5 Å². The Hall–Kier alpha value is -0.920. The highest BCUT2D eigenvalue weighted by molar-refractivity contribution is 8.00. The quantitative estimate of drug-likeness (QED) is 0.591. The van der Waals surface area contributed by atoms with Crippen LogP contribution in [0.25, 0.3) is 0 Å². The topological polar surface area (TPSA) is 40.1 Å². The third-order valence-electron chi connectivity index (χ3n) is 5.10. The number of nitrogens with zero attached hydrogens (tertiary/aromatic N) is 3. The molecule has 3 rings (SSSR count). The number of thioether (sulfide) groups is 1. The smallest absolute Gasteiger partial charge is 0.194 e. The lowest BCUT2D eigenvalue weighted by Crippen LogP contribution is -2.53. The molecule has 2 saturated heterocycles. The van der Waals surface area contributed by atoms with Gasteiger partial charge in [-0.05, 0) is 43.0 Å². The van der Waals surface area contributed by atoms with E-state index in [4.69, 9.17) is 9.73 Å². The Balaban J connectivity index is 1.61. The fourth-order valence-corrected chi connectivity index (χ4v) is 5.64. The van der Waals surface area contributed by atoms with Gasteiger partial charge in [-0.1, -0.05) is 6.92 Å². The SMILES string of the molecule is CCNC(=NCC1(SCC)CCOCC1)N1CCN(c2cccs2)CC1. The molecule has 0 spiro atoms. The Morgan fingerprint density at radius 3 is 2.65 bits per heavy atom. The van der Waals surface area contributed by atoms with Crippen LogP contribution in [-0.2, 0) is 4.74 Å². The normalized spacial score (nSPS) is 21.1. The van der Waals surface area contributed by atoms with Gasteiger partial charge in [0.2, 0.25) is 0 Å². The third kappa shape index (κ3) is 5.08. The highest BCUT2D eigenvalue weighted by Crippen LogP contribution is 2.35. The molecular weight excluding hydrogens is 364 g/mol. The highest BCUT2D eigenvalue weighted by Gasteiger charge is 2.33. The highest BCUT2D eigenvalue weighted by atomic mass is 32.2. The molecule has 0 atom stereocenters. The molecule has 7 heteroatoms. The van der Waals surface area contributed by atoms with E-state index in [0.717, 1.165) is 77.0 Å². The average Bonchev–Trinajstić information content (AvgIpc) is 3.21. The first-order valence-corrected chi connectivity index (χ1v) is 11.7. The molecular formula is C19H32N4OS2. The van der Waals surface area contributed by atoms with E-state index in [9.17, 15) is 0 Å². The molecule has 0 unspecified atom stereocenters. The zero-order chi connectivity index (χ0) is 18.2. The van der Waals surface area contributed by atoms with Gasteiger partial charge >= 0.3 is 0 Å². The van der Waals surface area contributed by atoms with Gasteiger partial charge in [-0.15, -0.1) is 11.3 Å². The first-order chi connectivity index (χ1) is 12.8. The number of piperazine rings is 1. The van der Waals surface area contributed by atoms with Gasteiger partial charge < -0.3 is 19.9 Å². The summed E-state index contributed by atoms with van der Waals surface area (Å²) in [6, 6.07) is 4.35. The predicted octanol–water partition coefficient (Wildman–Crippen LogP) is 3.14. The average molecular weight is 397 g/mol. The number of rotatable bonds is 6. The number of hydrogen-bond acceptors (Lipinski definition) is 5. The largest absolute Gasteiger partial charge is 0.381 e. The van der Waals surface area contributed by atoms with E-state index in [1.807, 2.05) is 11.3 Å². The Kier molecular flexibility index (Phi) is 7.52. The first-order valence-electron chi connectivity index (χ1n) is 9.80. The Morgan fingerprint density at radius 1 is 1.27 bits per heavy atom. The molecule has 1 aromatic heterocycles. The predicted molar refractivity (Wildman–Crippen MR) is 115 cm³/mol. The summed E-state index contributed by atoms with van der Waals surface area (Å²) in [6.07, 6.45) is 2.22. The summed E-state index contributed by atoms with van der Waals surface area (Å²) >= 11 is 3.90. The lowest BCUT2D eigenvalue weighted by molar-refractivity contribution is 0.0792. The van der Waals surface area contributed by atoms with Crippen molar-refractivity contribution in [2.75, 3.05) is 63.1 Å². The van der Waals surface area contributed by atoms with Crippen LogP contribution >= 0.6 is 23.1 Å². The molecule has 1 aromatic rings. The van der Waals surface area contributed by atoms with Crippen molar-refractivity contribution in [1.82, 2.24) is 10.2 Å². The molecule has 26 heavy (non-hydrogen) atoms. The molecule has 0 saturated carbocycles. The molecule has 0 radical (unpaired) electrons. The van der Waals surface area contributed by atoms with Crippen LogP contribution in [0.5, 0.6) is 0 Å². The van der Waals surface area contributed by atoms with E-state index in [-0.39, 0.29) is 4.75 Å². The lowest BCUT2D eigenvalue weighted by Gasteiger charge is -2.38. The van der Waals surface area contributed by atoms with Crippen molar-refractivity contribution < 1.29 is 4.74 Å². The molecule has 2 aliphatic rings. The molecule has 2 fully saturated rings. The lowest BCUT2D eigenvalue weighted by atomic mass is 9.99. The fraction of sp³-hybridized carbons (Fsp3) is 0.737. The van der Waals surface area contributed by atoms with E-state index in [1.165, 1.54) is 5.00 Å². The number of thiophene rings is 1. The van der Waals surface area contributed by atoms with E-state index in [0.29, 0.717) is 0 Å². The summed E-state index contributed by atoms with van der Waals surface area (Å²) in [5, 5.41) is 7.06. The van der Waals surface area contributed by atoms with Crippen LogP contribution in [-0.4, -0.2) is 73.8 Å². The Morgan fingerprint density at radius 2 is 2.04 bits per heavy atom. The second-order valence-electron chi connectivity index (χ2n) is 6.82. The van der Waals surface area contributed by atoms with Crippen LogP contribution in [0.1, 0.15) is 26.7 Å². The van der Waals surface area contributed by atoms with Gasteiger partial charge in [0.1, 0.15) is 0 Å². The molecule has 0 aromatic carbocycles. The van der Waals surface area contributed by atoms with E-state index < -0.39 is 0 Å². The monoisotopic (exact) mass is 396 g/mol. The molecule has 1 N–H and O–H groups in total. The first kappa shape index (κ1) is 19.8. The third-order valence-corrected chi connectivity index (χ3v) is 7.47. The van der Waals surface area contributed by atoms with E-state index in [1.54, 1.807) is 0 Å². The van der Waals surface area contributed by atoms with Gasteiger partial charge in [0.25, 0.3) is 0 Å². The van der Waals surface area contributed by atoms with Crippen molar-refractivity contribution in [2.45, 2.75) is 31.4 Å². The Labute approximate surface area is 166 Å². The number of aliphatic imine (C=N–C) groups is 1. The number of guanidine groups is 1. The van der Waals surface area contributed by atoms with Gasteiger partial charge in [0.05, 0.1) is 11.5 Å². The number of anilines is 1. The maximum absolute atomic E-state index is 5.60. The minimum atomic E-state index is 0.256. The molecule has 0 aliphatic carbocycles. The Bertz CT molecular complexity index is 544. The zero-order valence-electron chi connectivity index (χ0n) is 16.1. The van der Waals surface area contributed by atoms with Crippen molar-refractivity contribution >= 4 is 34.1 Å². The van der Waals surface area contributed by atoms with Gasteiger partial charge in [-0.25, -0.2) is 0 Å². The van der Waals surface area contributed by atoms with Crippen molar-refractivity contribution in [3.8, 4) is 0 Å². The molecule has 0 amide bonds. The zero-order valence-corrected chi connectivity index (χ0v) is 17.7. The van der Waals surface area contributed by atoms with E-state index in [2.05, 4.69) is 58.2 Å². The summed E-state index contributed by atoms with van der Waals surface area (Å²) < 4.78 is 5.85. The van der Waals surface area contributed by atoms with Crippen LogP contribution in [0.4, 0.5) is 5.00 Å². The summed E-state index contributed by atoms with van der Waals surface area (Å²) in [6.45, 7) is 12.1. The number of ether oxygens (including phenoxy) is 1. The standard InChI is InChI=1S/C19H32N4OS2/c1-3-20-18(21-16-19(26-4-2)7-13-24-14-8-19)23-11-9-22(10-12-23)17-6-5-15-25-17/h5-6,15H,3-4,7-14,16H2,1-2H3,(H,20,21). The summed E-state index contributed by atoms with van der Waals surface area (Å²) in [5.74, 6) is 2.23. The summed E-state index contributed by atoms with van der Waals surface area (Å²) in [7, 11) is 0. The van der Waals surface area contributed by atoms with Gasteiger partial charge in [-0.2, -0.15) is 11.8 Å². The number of nitrogens with one attached hydrogen (secondary N) is 1. The molecule has 3 heterocycles. The van der Waals surface area contributed by atoms with Crippen molar-refractivity contribution in [3.63, 3.8) is 0 Å². The van der Waals surface area contributed by atoms with Gasteiger partial charge in [0.15, 0.2) is 5.96 Å². The maximum Gasteiger partial charge on any atom is 0.194 e. The van der Waals surface area contributed by atoms with Crippen molar-refractivity contribution in [2.24, 2.45) is 4.99 Å².